The van der Waals surface area contributed by atoms with Crippen LogP contribution < -0.4 is 5.32 Å². The summed E-state index contributed by atoms with van der Waals surface area (Å²) in [6.07, 6.45) is 0.443. The largest absolute Gasteiger partial charge is 0.340 e. The van der Waals surface area contributed by atoms with Crippen LogP contribution in [0.2, 0.25) is 0 Å². The van der Waals surface area contributed by atoms with Crippen LogP contribution in [-0.2, 0) is 9.59 Å². The minimum atomic E-state index is -0.764. The van der Waals surface area contributed by atoms with Crippen molar-refractivity contribution < 1.29 is 18.8 Å². The van der Waals surface area contributed by atoms with Gasteiger partial charge in [0.15, 0.2) is 0 Å². The van der Waals surface area contributed by atoms with Gasteiger partial charge >= 0.3 is 0 Å². The number of halogens is 2. The number of carbonyl (C=O) groups is 3. The van der Waals surface area contributed by atoms with E-state index in [9.17, 15) is 18.8 Å². The Morgan fingerprint density at radius 2 is 2.15 bits per heavy atom. The third-order valence-electron chi connectivity index (χ3n) is 3.15. The molecule has 0 bridgehead atoms. The van der Waals surface area contributed by atoms with Gasteiger partial charge in [0.05, 0.1) is 10.0 Å². The van der Waals surface area contributed by atoms with E-state index in [4.69, 9.17) is 0 Å². The second-order valence-electron chi connectivity index (χ2n) is 4.46. The molecule has 1 atom stereocenters. The second-order valence-corrected chi connectivity index (χ2v) is 5.25. The number of likely N-dealkylation sites (tertiary alicyclic amines) is 1. The molecule has 0 saturated carbocycles. The van der Waals surface area contributed by atoms with Crippen molar-refractivity contribution in [2.45, 2.75) is 18.9 Å². The Kier molecular flexibility index (Phi) is 4.17. The maximum absolute atomic E-state index is 13.4. The minimum Gasteiger partial charge on any atom is -0.340 e. The first kappa shape index (κ1) is 14.6. The molecule has 7 heteroatoms. The zero-order valence-electron chi connectivity index (χ0n) is 10.7. The normalized spacial score (nSPS) is 19.1. The van der Waals surface area contributed by atoms with Crippen LogP contribution in [0, 0.1) is 5.82 Å². The number of nitrogens with zero attached hydrogens (tertiary/aromatic N) is 1. The molecule has 1 unspecified atom stereocenters. The predicted molar refractivity (Wildman–Crippen MR) is 72.4 cm³/mol. The van der Waals surface area contributed by atoms with Gasteiger partial charge in [-0.05, 0) is 34.5 Å². The van der Waals surface area contributed by atoms with Gasteiger partial charge in [-0.25, -0.2) is 4.39 Å². The Labute approximate surface area is 123 Å². The summed E-state index contributed by atoms with van der Waals surface area (Å²) in [5, 5.41) is 2.52. The molecule has 1 heterocycles. The predicted octanol–water partition coefficient (Wildman–Crippen LogP) is 1.47. The summed E-state index contributed by atoms with van der Waals surface area (Å²) in [5.74, 6) is -1.84. The number of carbonyl (C=O) groups excluding carboxylic acids is 3. The molecule has 0 aromatic heterocycles. The van der Waals surface area contributed by atoms with Crippen LogP contribution in [0.5, 0.6) is 0 Å². The molecule has 0 aliphatic carbocycles. The van der Waals surface area contributed by atoms with E-state index in [1.807, 2.05) is 0 Å². The Hall–Kier alpha value is -1.76. The average molecular weight is 343 g/mol. The molecule has 3 amide bonds. The maximum Gasteiger partial charge on any atom is 0.253 e. The van der Waals surface area contributed by atoms with Crippen LogP contribution >= 0.6 is 15.9 Å². The molecule has 0 spiro atoms. The zero-order valence-corrected chi connectivity index (χ0v) is 12.2. The van der Waals surface area contributed by atoms with Crippen LogP contribution in [0.1, 0.15) is 23.2 Å². The van der Waals surface area contributed by atoms with E-state index in [-0.39, 0.29) is 28.8 Å². The lowest BCUT2D eigenvalue weighted by Crippen LogP contribution is -2.52. The Bertz CT molecular complexity index is 591. The first-order valence-electron chi connectivity index (χ1n) is 5.97. The first-order chi connectivity index (χ1) is 9.41. The molecule has 1 N–H and O–H groups in total. The standard InChI is InChI=1S/C13H12BrFN2O3/c1-17-10(18)6-5-9(13(17)20)16-12(19)7-3-2-4-8(15)11(7)14/h2-4,9H,5-6H2,1H3,(H,16,19). The highest BCUT2D eigenvalue weighted by Gasteiger charge is 2.33. The third kappa shape index (κ3) is 2.72. The number of hydrogen-bond donors (Lipinski definition) is 1. The molecule has 1 aliphatic heterocycles. The summed E-state index contributed by atoms with van der Waals surface area (Å²) in [5.41, 5.74) is 0.109. The Morgan fingerprint density at radius 1 is 1.45 bits per heavy atom. The number of hydrogen-bond acceptors (Lipinski definition) is 3. The second kappa shape index (κ2) is 5.70. The molecule has 20 heavy (non-hydrogen) atoms. The summed E-state index contributed by atoms with van der Waals surface area (Å²) in [4.78, 5) is 36.3. The summed E-state index contributed by atoms with van der Waals surface area (Å²) in [6, 6.07) is 3.32. The number of nitrogens with one attached hydrogen (secondary N) is 1. The van der Waals surface area contributed by atoms with E-state index in [0.717, 1.165) is 4.90 Å². The van der Waals surface area contributed by atoms with Crippen molar-refractivity contribution >= 4 is 33.7 Å². The number of likely N-dealkylation sites (N-methyl/N-ethyl adjacent to an activating group) is 1. The van der Waals surface area contributed by atoms with E-state index in [2.05, 4.69) is 21.2 Å². The fraction of sp³-hybridized carbons (Fsp3) is 0.308. The highest BCUT2D eigenvalue weighted by Crippen LogP contribution is 2.21. The molecule has 5 nitrogen and oxygen atoms in total. The molecule has 1 aromatic rings. The van der Waals surface area contributed by atoms with E-state index in [1.54, 1.807) is 0 Å². The highest BCUT2D eigenvalue weighted by atomic mass is 79.9. The van der Waals surface area contributed by atoms with Crippen LogP contribution in [0.25, 0.3) is 0 Å². The van der Waals surface area contributed by atoms with Crippen molar-refractivity contribution in [3.63, 3.8) is 0 Å². The van der Waals surface area contributed by atoms with Crippen molar-refractivity contribution in [2.75, 3.05) is 7.05 Å². The van der Waals surface area contributed by atoms with Crippen LogP contribution in [0.3, 0.4) is 0 Å². The van der Waals surface area contributed by atoms with E-state index >= 15 is 0 Å². The Balaban J connectivity index is 2.14. The maximum atomic E-state index is 13.4. The Morgan fingerprint density at radius 3 is 2.85 bits per heavy atom. The van der Waals surface area contributed by atoms with Gasteiger partial charge in [-0.15, -0.1) is 0 Å². The van der Waals surface area contributed by atoms with Crippen molar-refractivity contribution in [2.24, 2.45) is 0 Å². The molecule has 2 rings (SSSR count). The average Bonchev–Trinajstić information content (AvgIpc) is 2.42. The van der Waals surface area contributed by atoms with E-state index < -0.39 is 23.7 Å². The monoisotopic (exact) mass is 342 g/mol. The van der Waals surface area contributed by atoms with E-state index in [0.29, 0.717) is 0 Å². The fourth-order valence-electron chi connectivity index (χ4n) is 1.96. The molecular weight excluding hydrogens is 331 g/mol. The molecule has 0 radical (unpaired) electrons. The van der Waals surface area contributed by atoms with Crippen LogP contribution in [-0.4, -0.2) is 35.7 Å². The minimum absolute atomic E-state index is 0.0465. The summed E-state index contributed by atoms with van der Waals surface area (Å²) >= 11 is 3.00. The van der Waals surface area contributed by atoms with Crippen LogP contribution in [0.15, 0.2) is 22.7 Å². The summed E-state index contributed by atoms with van der Waals surface area (Å²) < 4.78 is 13.4. The molecule has 1 saturated heterocycles. The number of piperidine rings is 1. The number of benzene rings is 1. The van der Waals surface area contributed by atoms with Gasteiger partial charge in [0.25, 0.3) is 11.8 Å². The first-order valence-corrected chi connectivity index (χ1v) is 6.76. The van der Waals surface area contributed by atoms with Crippen molar-refractivity contribution in [1.29, 1.82) is 0 Å². The topological polar surface area (TPSA) is 66.5 Å². The van der Waals surface area contributed by atoms with Gasteiger partial charge in [0.2, 0.25) is 5.91 Å². The van der Waals surface area contributed by atoms with Gasteiger partial charge in [-0.2, -0.15) is 0 Å². The lowest BCUT2D eigenvalue weighted by atomic mass is 10.0. The lowest BCUT2D eigenvalue weighted by molar-refractivity contribution is -0.147. The lowest BCUT2D eigenvalue weighted by Gasteiger charge is -2.28. The zero-order chi connectivity index (χ0) is 14.9. The molecule has 1 aromatic carbocycles. The summed E-state index contributed by atoms with van der Waals surface area (Å²) in [6.45, 7) is 0. The smallest absolute Gasteiger partial charge is 0.253 e. The summed E-state index contributed by atoms with van der Waals surface area (Å²) in [7, 11) is 1.38. The third-order valence-corrected chi connectivity index (χ3v) is 3.96. The SMILES string of the molecule is CN1C(=O)CCC(NC(=O)c2cccc(F)c2Br)C1=O. The van der Waals surface area contributed by atoms with Gasteiger partial charge in [-0.1, -0.05) is 6.07 Å². The van der Waals surface area contributed by atoms with Crippen molar-refractivity contribution in [1.82, 2.24) is 10.2 Å². The number of amides is 3. The number of imide groups is 1. The van der Waals surface area contributed by atoms with Gasteiger partial charge in [0, 0.05) is 13.5 Å². The fourth-order valence-corrected chi connectivity index (χ4v) is 2.41. The van der Waals surface area contributed by atoms with Gasteiger partial charge < -0.3 is 5.32 Å². The molecule has 106 valence electrons. The van der Waals surface area contributed by atoms with Crippen molar-refractivity contribution in [3.05, 3.63) is 34.1 Å². The van der Waals surface area contributed by atoms with E-state index in [1.165, 1.54) is 25.2 Å². The van der Waals surface area contributed by atoms with Gasteiger partial charge in [0.1, 0.15) is 11.9 Å². The van der Waals surface area contributed by atoms with Gasteiger partial charge in [-0.3, -0.25) is 19.3 Å². The quantitative estimate of drug-likeness (QED) is 0.827. The number of rotatable bonds is 2. The van der Waals surface area contributed by atoms with Crippen LogP contribution in [0.4, 0.5) is 4.39 Å². The molecular formula is C13H12BrFN2O3. The molecule has 1 fully saturated rings. The molecule has 1 aliphatic rings. The van der Waals surface area contributed by atoms with Crippen molar-refractivity contribution in [3.8, 4) is 0 Å². The highest BCUT2D eigenvalue weighted by molar-refractivity contribution is 9.10.